The Morgan fingerprint density at radius 1 is 1.20 bits per heavy atom. The van der Waals surface area contributed by atoms with Crippen molar-refractivity contribution in [3.63, 3.8) is 0 Å². The number of halogens is 3. The number of aliphatic hydroxyl groups is 1. The topological polar surface area (TPSA) is 58.0 Å². The van der Waals surface area contributed by atoms with Gasteiger partial charge in [0.2, 0.25) is 0 Å². The SMILES string of the molecule is CC(O)c1sc(Nc2cccc(C(F)(F)F)c2)nc1-c1cccnc1. The van der Waals surface area contributed by atoms with Crippen LogP contribution < -0.4 is 5.32 Å². The molecule has 8 heteroatoms. The molecule has 3 aromatic rings. The second-order valence-corrected chi connectivity index (χ2v) is 6.38. The molecule has 0 spiro atoms. The van der Waals surface area contributed by atoms with E-state index in [0.717, 1.165) is 17.7 Å². The largest absolute Gasteiger partial charge is 0.416 e. The summed E-state index contributed by atoms with van der Waals surface area (Å²) in [4.78, 5) is 9.06. The van der Waals surface area contributed by atoms with Crippen molar-refractivity contribution in [3.8, 4) is 11.3 Å². The minimum atomic E-state index is -4.41. The molecule has 0 amide bonds. The Morgan fingerprint density at radius 2 is 2.00 bits per heavy atom. The van der Waals surface area contributed by atoms with Crippen molar-refractivity contribution in [2.45, 2.75) is 19.2 Å². The van der Waals surface area contributed by atoms with Crippen molar-refractivity contribution in [2.75, 3.05) is 5.32 Å². The third-order valence-corrected chi connectivity index (χ3v) is 4.55. The molecule has 0 saturated carbocycles. The van der Waals surface area contributed by atoms with Crippen molar-refractivity contribution >= 4 is 22.2 Å². The van der Waals surface area contributed by atoms with E-state index >= 15 is 0 Å². The number of thiazole rings is 1. The van der Waals surface area contributed by atoms with Gasteiger partial charge < -0.3 is 10.4 Å². The number of nitrogens with one attached hydrogen (secondary N) is 1. The second kappa shape index (κ2) is 6.81. The number of pyridine rings is 1. The molecule has 2 heterocycles. The summed E-state index contributed by atoms with van der Waals surface area (Å²) in [5.74, 6) is 0. The Morgan fingerprint density at radius 3 is 2.64 bits per heavy atom. The van der Waals surface area contributed by atoms with E-state index in [1.165, 1.54) is 23.5 Å². The summed E-state index contributed by atoms with van der Waals surface area (Å²) < 4.78 is 38.5. The number of hydrogen-bond donors (Lipinski definition) is 2. The number of alkyl halides is 3. The highest BCUT2D eigenvalue weighted by Gasteiger charge is 2.30. The lowest BCUT2D eigenvalue weighted by molar-refractivity contribution is -0.137. The number of aromatic nitrogens is 2. The molecule has 0 bridgehead atoms. The van der Waals surface area contributed by atoms with E-state index in [9.17, 15) is 18.3 Å². The highest BCUT2D eigenvalue weighted by molar-refractivity contribution is 7.16. The van der Waals surface area contributed by atoms with Crippen LogP contribution in [0.25, 0.3) is 11.3 Å². The molecule has 1 aromatic carbocycles. The molecule has 0 saturated heterocycles. The van der Waals surface area contributed by atoms with Gasteiger partial charge in [-0.15, -0.1) is 0 Å². The summed E-state index contributed by atoms with van der Waals surface area (Å²) in [6.45, 7) is 1.61. The van der Waals surface area contributed by atoms with Crippen LogP contribution in [-0.2, 0) is 6.18 Å². The number of nitrogens with zero attached hydrogens (tertiary/aromatic N) is 2. The quantitative estimate of drug-likeness (QED) is 0.682. The van der Waals surface area contributed by atoms with Crippen LogP contribution >= 0.6 is 11.3 Å². The number of benzene rings is 1. The first-order valence-electron chi connectivity index (χ1n) is 7.38. The Bertz CT molecular complexity index is 863. The fourth-order valence-electron chi connectivity index (χ4n) is 2.27. The van der Waals surface area contributed by atoms with Gasteiger partial charge in [0.15, 0.2) is 5.13 Å². The van der Waals surface area contributed by atoms with Gasteiger partial charge in [0.1, 0.15) is 0 Å². The summed E-state index contributed by atoms with van der Waals surface area (Å²) in [5, 5.41) is 13.2. The molecule has 0 fully saturated rings. The molecule has 1 atom stereocenters. The maximum atomic E-state index is 12.8. The third kappa shape index (κ3) is 3.97. The highest BCUT2D eigenvalue weighted by Crippen LogP contribution is 2.37. The van der Waals surface area contributed by atoms with E-state index in [2.05, 4.69) is 15.3 Å². The zero-order chi connectivity index (χ0) is 18.0. The van der Waals surface area contributed by atoms with Gasteiger partial charge in [0, 0.05) is 23.6 Å². The van der Waals surface area contributed by atoms with Crippen molar-refractivity contribution < 1.29 is 18.3 Å². The van der Waals surface area contributed by atoms with E-state index in [1.54, 1.807) is 25.4 Å². The molecular formula is C17H14F3N3OS. The van der Waals surface area contributed by atoms with Gasteiger partial charge in [-0.3, -0.25) is 4.98 Å². The van der Waals surface area contributed by atoms with E-state index in [1.807, 2.05) is 6.07 Å². The van der Waals surface area contributed by atoms with Crippen LogP contribution in [0.1, 0.15) is 23.5 Å². The average Bonchev–Trinajstić information content (AvgIpc) is 2.99. The van der Waals surface area contributed by atoms with Crippen LogP contribution in [0.3, 0.4) is 0 Å². The van der Waals surface area contributed by atoms with Gasteiger partial charge in [-0.25, -0.2) is 4.98 Å². The predicted octanol–water partition coefficient (Wildman–Crippen LogP) is 5.02. The Labute approximate surface area is 146 Å². The monoisotopic (exact) mass is 365 g/mol. The van der Waals surface area contributed by atoms with Crippen LogP contribution in [0, 0.1) is 0 Å². The molecule has 2 N–H and O–H groups in total. The third-order valence-electron chi connectivity index (χ3n) is 3.41. The van der Waals surface area contributed by atoms with Crippen molar-refractivity contribution in [3.05, 3.63) is 59.2 Å². The van der Waals surface area contributed by atoms with Gasteiger partial charge in [-0.2, -0.15) is 13.2 Å². The minimum Gasteiger partial charge on any atom is -0.388 e. The number of aliphatic hydroxyl groups excluding tert-OH is 1. The average molecular weight is 365 g/mol. The zero-order valence-corrected chi connectivity index (χ0v) is 13.9. The molecule has 0 aliphatic heterocycles. The summed E-state index contributed by atoms with van der Waals surface area (Å²) in [6, 6.07) is 8.45. The fraction of sp³-hybridized carbons (Fsp3) is 0.176. The van der Waals surface area contributed by atoms with Crippen LogP contribution in [-0.4, -0.2) is 15.1 Å². The summed E-state index contributed by atoms with van der Waals surface area (Å²) >= 11 is 1.19. The first-order valence-corrected chi connectivity index (χ1v) is 8.19. The molecule has 3 rings (SSSR count). The van der Waals surface area contributed by atoms with Crippen LogP contribution in [0.15, 0.2) is 48.8 Å². The summed E-state index contributed by atoms with van der Waals surface area (Å²) in [5.41, 5.74) is 0.824. The lowest BCUT2D eigenvalue weighted by Gasteiger charge is -2.08. The van der Waals surface area contributed by atoms with Gasteiger partial charge in [0.25, 0.3) is 0 Å². The second-order valence-electron chi connectivity index (χ2n) is 5.35. The van der Waals surface area contributed by atoms with Gasteiger partial charge in [0.05, 0.1) is 22.2 Å². The Balaban J connectivity index is 1.94. The first-order chi connectivity index (χ1) is 11.8. The molecule has 0 aliphatic carbocycles. The van der Waals surface area contributed by atoms with E-state index < -0.39 is 17.8 Å². The van der Waals surface area contributed by atoms with Crippen molar-refractivity contribution in [1.29, 1.82) is 0 Å². The van der Waals surface area contributed by atoms with Gasteiger partial charge >= 0.3 is 6.18 Å². The number of rotatable bonds is 4. The number of hydrogen-bond acceptors (Lipinski definition) is 5. The van der Waals surface area contributed by atoms with Crippen molar-refractivity contribution in [2.24, 2.45) is 0 Å². The molecule has 4 nitrogen and oxygen atoms in total. The van der Waals surface area contributed by atoms with E-state index in [4.69, 9.17) is 0 Å². The molecule has 0 radical (unpaired) electrons. The lowest BCUT2D eigenvalue weighted by Crippen LogP contribution is -2.05. The predicted molar refractivity (Wildman–Crippen MR) is 90.7 cm³/mol. The summed E-state index contributed by atoms with van der Waals surface area (Å²) in [6.07, 6.45) is -1.93. The Kier molecular flexibility index (Phi) is 4.73. The molecule has 1 unspecified atom stereocenters. The zero-order valence-electron chi connectivity index (χ0n) is 13.1. The molecule has 0 aliphatic rings. The van der Waals surface area contributed by atoms with Gasteiger partial charge in [-0.1, -0.05) is 17.4 Å². The normalized spacial score (nSPS) is 12.8. The smallest absolute Gasteiger partial charge is 0.388 e. The van der Waals surface area contributed by atoms with Crippen LogP contribution in [0.5, 0.6) is 0 Å². The van der Waals surface area contributed by atoms with E-state index in [-0.39, 0.29) is 5.69 Å². The molecular weight excluding hydrogens is 351 g/mol. The molecule has 2 aromatic heterocycles. The standard InChI is InChI=1S/C17H14F3N3OS/c1-10(24)15-14(11-4-3-7-21-9-11)23-16(25-15)22-13-6-2-5-12(8-13)17(18,19)20/h2-10,24H,1H3,(H,22,23). The van der Waals surface area contributed by atoms with E-state index in [0.29, 0.717) is 15.7 Å². The fourth-order valence-corrected chi connectivity index (χ4v) is 3.22. The maximum absolute atomic E-state index is 12.8. The minimum absolute atomic E-state index is 0.276. The lowest BCUT2D eigenvalue weighted by atomic mass is 10.1. The molecule has 130 valence electrons. The molecule has 25 heavy (non-hydrogen) atoms. The summed E-state index contributed by atoms with van der Waals surface area (Å²) in [7, 11) is 0. The Hall–Kier alpha value is -2.45. The highest BCUT2D eigenvalue weighted by atomic mass is 32.1. The maximum Gasteiger partial charge on any atom is 0.416 e. The first kappa shape index (κ1) is 17.4. The van der Waals surface area contributed by atoms with Gasteiger partial charge in [-0.05, 0) is 37.3 Å². The van der Waals surface area contributed by atoms with Crippen molar-refractivity contribution in [1.82, 2.24) is 9.97 Å². The van der Waals surface area contributed by atoms with Crippen LogP contribution in [0.2, 0.25) is 0 Å². The van der Waals surface area contributed by atoms with Crippen LogP contribution in [0.4, 0.5) is 24.0 Å². The number of anilines is 2.